The first kappa shape index (κ1) is 22.8. The molecule has 0 aliphatic heterocycles. The monoisotopic (exact) mass is 461 g/mol. The van der Waals surface area contributed by atoms with Crippen LogP contribution in [0.15, 0.2) is 29.9 Å². The van der Waals surface area contributed by atoms with Crippen LogP contribution in [0.4, 0.5) is 11.5 Å². The predicted octanol–water partition coefficient (Wildman–Crippen LogP) is 1.40. The second-order valence-electron chi connectivity index (χ2n) is 6.36. The van der Waals surface area contributed by atoms with Crippen molar-refractivity contribution in [1.29, 1.82) is 0 Å². The van der Waals surface area contributed by atoms with Crippen molar-refractivity contribution >= 4 is 34.7 Å². The van der Waals surface area contributed by atoms with E-state index in [-0.39, 0.29) is 30.2 Å². The van der Waals surface area contributed by atoms with Gasteiger partial charge < -0.3 is 20.5 Å². The minimum atomic E-state index is -1.08. The highest BCUT2D eigenvalue weighted by molar-refractivity contribution is 7.13. The van der Waals surface area contributed by atoms with Crippen molar-refractivity contribution in [3.8, 4) is 10.6 Å². The van der Waals surface area contributed by atoms with Gasteiger partial charge in [-0.3, -0.25) is 19.6 Å². The molecule has 0 aliphatic rings. The lowest BCUT2D eigenvalue weighted by Crippen LogP contribution is -2.28. The number of anilines is 1. The summed E-state index contributed by atoms with van der Waals surface area (Å²) in [6.07, 6.45) is 2.76. The first-order valence-corrected chi connectivity index (χ1v) is 10.2. The molecule has 0 aromatic carbocycles. The van der Waals surface area contributed by atoms with Crippen LogP contribution < -0.4 is 10.6 Å². The number of carbonyl (C=O) groups is 2. The fourth-order valence-electron chi connectivity index (χ4n) is 2.61. The first-order chi connectivity index (χ1) is 15.3. The Hall–Kier alpha value is -3.91. The van der Waals surface area contributed by atoms with Gasteiger partial charge in [-0.15, -0.1) is 11.3 Å². The summed E-state index contributed by atoms with van der Waals surface area (Å²) in [4.78, 5) is 41.5. The minimum absolute atomic E-state index is 0.00513. The second kappa shape index (κ2) is 10.4. The number of aryl methyl sites for hydroxylation is 1. The third kappa shape index (κ3) is 5.83. The molecule has 0 bridgehead atoms. The molecule has 1 amide bonds. The number of nitro groups is 1. The largest absolute Gasteiger partial charge is 0.476 e. The van der Waals surface area contributed by atoms with Gasteiger partial charge >= 0.3 is 11.7 Å². The summed E-state index contributed by atoms with van der Waals surface area (Å²) in [7, 11) is 1.49. The Morgan fingerprint density at radius 1 is 1.34 bits per heavy atom. The summed E-state index contributed by atoms with van der Waals surface area (Å²) in [5.41, 5.74) is 0.129. The standard InChI is InChI=1S/C18H19N7O6S/c1-24-9-13(25(29)30)15(23-24)16(26)21-5-7-31-6-4-20-14-8-11(2-3-19-14)17-22-12(10-32-17)18(27)28/h2-3,8-10H,4-7H2,1H3,(H,19,20)(H,21,26)(H,27,28). The molecule has 0 saturated carbocycles. The molecule has 168 valence electrons. The number of carboxylic acid groups (broad SMARTS) is 1. The fraction of sp³-hybridized carbons (Fsp3) is 0.278. The van der Waals surface area contributed by atoms with E-state index >= 15 is 0 Å². The number of nitrogens with one attached hydrogen (secondary N) is 2. The number of hydrogen-bond acceptors (Lipinski definition) is 10. The topological polar surface area (TPSA) is 174 Å². The van der Waals surface area contributed by atoms with Gasteiger partial charge in [0.05, 0.1) is 18.1 Å². The zero-order valence-electron chi connectivity index (χ0n) is 16.8. The molecular formula is C18H19N7O6S. The van der Waals surface area contributed by atoms with Crippen molar-refractivity contribution in [3.63, 3.8) is 0 Å². The summed E-state index contributed by atoms with van der Waals surface area (Å²) in [6, 6.07) is 3.49. The molecule has 3 aromatic heterocycles. The molecule has 0 fully saturated rings. The van der Waals surface area contributed by atoms with Gasteiger partial charge in [0.2, 0.25) is 5.69 Å². The molecule has 0 saturated heterocycles. The van der Waals surface area contributed by atoms with Crippen LogP contribution in [0.5, 0.6) is 0 Å². The number of amides is 1. The number of carboxylic acids is 1. The number of nitrogens with zero attached hydrogens (tertiary/aromatic N) is 5. The number of pyridine rings is 1. The van der Waals surface area contributed by atoms with Gasteiger partial charge in [-0.05, 0) is 12.1 Å². The van der Waals surface area contributed by atoms with Crippen LogP contribution in [0.1, 0.15) is 21.0 Å². The summed E-state index contributed by atoms with van der Waals surface area (Å²) in [6.45, 7) is 1.13. The summed E-state index contributed by atoms with van der Waals surface area (Å²) in [5, 5.41) is 31.4. The third-order valence-corrected chi connectivity index (χ3v) is 4.93. The van der Waals surface area contributed by atoms with E-state index in [9.17, 15) is 19.7 Å². The molecule has 0 radical (unpaired) electrons. The van der Waals surface area contributed by atoms with E-state index < -0.39 is 16.8 Å². The van der Waals surface area contributed by atoms with Crippen LogP contribution in [0.2, 0.25) is 0 Å². The molecule has 13 nitrogen and oxygen atoms in total. The Morgan fingerprint density at radius 2 is 2.12 bits per heavy atom. The fourth-order valence-corrected chi connectivity index (χ4v) is 3.40. The van der Waals surface area contributed by atoms with Crippen molar-refractivity contribution in [2.75, 3.05) is 31.6 Å². The molecular weight excluding hydrogens is 442 g/mol. The smallest absolute Gasteiger partial charge is 0.355 e. The van der Waals surface area contributed by atoms with Crippen molar-refractivity contribution in [2.24, 2.45) is 7.05 Å². The molecule has 3 heterocycles. The molecule has 32 heavy (non-hydrogen) atoms. The van der Waals surface area contributed by atoms with Gasteiger partial charge in [0, 0.05) is 37.3 Å². The van der Waals surface area contributed by atoms with Gasteiger partial charge in [-0.2, -0.15) is 5.10 Å². The van der Waals surface area contributed by atoms with Gasteiger partial charge in [0.25, 0.3) is 5.91 Å². The van der Waals surface area contributed by atoms with E-state index in [0.29, 0.717) is 24.0 Å². The lowest BCUT2D eigenvalue weighted by molar-refractivity contribution is -0.385. The predicted molar refractivity (Wildman–Crippen MR) is 114 cm³/mol. The van der Waals surface area contributed by atoms with Crippen molar-refractivity contribution in [2.45, 2.75) is 0 Å². The van der Waals surface area contributed by atoms with Crippen LogP contribution in [-0.2, 0) is 11.8 Å². The minimum Gasteiger partial charge on any atom is -0.476 e. The SMILES string of the molecule is Cn1cc([N+](=O)[O-])c(C(=O)NCCOCCNc2cc(-c3nc(C(=O)O)cs3)ccn2)n1. The Morgan fingerprint density at radius 3 is 2.84 bits per heavy atom. The number of ether oxygens (including phenoxy) is 1. The highest BCUT2D eigenvalue weighted by Crippen LogP contribution is 2.25. The van der Waals surface area contributed by atoms with Crippen LogP contribution >= 0.6 is 11.3 Å². The third-order valence-electron chi connectivity index (χ3n) is 4.04. The molecule has 0 atom stereocenters. The quantitative estimate of drug-likeness (QED) is 0.215. The maximum Gasteiger partial charge on any atom is 0.355 e. The highest BCUT2D eigenvalue weighted by atomic mass is 32.1. The highest BCUT2D eigenvalue weighted by Gasteiger charge is 2.24. The van der Waals surface area contributed by atoms with Gasteiger partial charge in [0.15, 0.2) is 5.69 Å². The molecule has 0 spiro atoms. The number of carbonyl (C=O) groups excluding carboxylic acids is 1. The summed E-state index contributed by atoms with van der Waals surface area (Å²) in [5.74, 6) is -1.14. The molecule has 0 aliphatic carbocycles. The van der Waals surface area contributed by atoms with E-state index in [4.69, 9.17) is 9.84 Å². The lowest BCUT2D eigenvalue weighted by atomic mass is 10.2. The average Bonchev–Trinajstić information content (AvgIpc) is 3.40. The first-order valence-electron chi connectivity index (χ1n) is 9.28. The molecule has 0 unspecified atom stereocenters. The maximum atomic E-state index is 12.0. The molecule has 3 N–H and O–H groups in total. The number of aromatic carboxylic acids is 1. The maximum absolute atomic E-state index is 12.0. The van der Waals surface area contributed by atoms with Crippen LogP contribution in [0.3, 0.4) is 0 Å². The lowest BCUT2D eigenvalue weighted by Gasteiger charge is -2.08. The molecule has 14 heteroatoms. The molecule has 3 rings (SSSR count). The van der Waals surface area contributed by atoms with Gasteiger partial charge in [-0.25, -0.2) is 14.8 Å². The number of thiazole rings is 1. The van der Waals surface area contributed by atoms with Crippen molar-refractivity contribution in [1.82, 2.24) is 25.1 Å². The Labute approximate surface area is 185 Å². The van der Waals surface area contributed by atoms with Crippen LogP contribution in [-0.4, -0.2) is 68.0 Å². The Kier molecular flexibility index (Phi) is 7.41. The van der Waals surface area contributed by atoms with Gasteiger partial charge in [-0.1, -0.05) is 0 Å². The van der Waals surface area contributed by atoms with Crippen molar-refractivity contribution in [3.05, 3.63) is 51.4 Å². The second-order valence-corrected chi connectivity index (χ2v) is 7.22. The Balaban J connectivity index is 1.38. The van der Waals surface area contributed by atoms with E-state index in [1.165, 1.54) is 34.6 Å². The van der Waals surface area contributed by atoms with Gasteiger partial charge in [0.1, 0.15) is 17.0 Å². The van der Waals surface area contributed by atoms with Crippen LogP contribution in [0, 0.1) is 10.1 Å². The summed E-state index contributed by atoms with van der Waals surface area (Å²) >= 11 is 1.23. The van der Waals surface area contributed by atoms with E-state index in [1.54, 1.807) is 18.3 Å². The normalized spacial score (nSPS) is 10.7. The zero-order valence-corrected chi connectivity index (χ0v) is 17.7. The summed E-state index contributed by atoms with van der Waals surface area (Å²) < 4.78 is 6.64. The number of hydrogen-bond donors (Lipinski definition) is 3. The van der Waals surface area contributed by atoms with E-state index in [1.807, 2.05) is 0 Å². The van der Waals surface area contributed by atoms with Crippen LogP contribution in [0.25, 0.3) is 10.6 Å². The number of rotatable bonds is 11. The molecule has 3 aromatic rings. The zero-order chi connectivity index (χ0) is 23.1. The average molecular weight is 461 g/mol. The van der Waals surface area contributed by atoms with E-state index in [2.05, 4.69) is 25.7 Å². The number of aromatic nitrogens is 4. The van der Waals surface area contributed by atoms with E-state index in [0.717, 1.165) is 5.56 Å². The van der Waals surface area contributed by atoms with Crippen molar-refractivity contribution < 1.29 is 24.4 Å². The Bertz CT molecular complexity index is 1130.